The molecule has 0 atom stereocenters. The van der Waals surface area contributed by atoms with Crippen LogP contribution < -0.4 is 10.6 Å². The van der Waals surface area contributed by atoms with Crippen LogP contribution in [0.2, 0.25) is 0 Å². The van der Waals surface area contributed by atoms with Crippen LogP contribution in [0.3, 0.4) is 0 Å². The molecule has 3 rings (SSSR count). The zero-order chi connectivity index (χ0) is 21.8. The van der Waals surface area contributed by atoms with Crippen molar-refractivity contribution in [1.29, 1.82) is 0 Å². The molecule has 1 aliphatic rings. The molecule has 0 fully saturated rings. The molecule has 30 heavy (non-hydrogen) atoms. The van der Waals surface area contributed by atoms with Gasteiger partial charge in [-0.15, -0.1) is 11.3 Å². The third kappa shape index (κ3) is 4.29. The fraction of sp³-hybridized carbons (Fsp3) is 0.300. The highest BCUT2D eigenvalue weighted by Gasteiger charge is 2.27. The topological polar surface area (TPSA) is 103 Å². The number of aryl methyl sites for hydroxylation is 1. The molecule has 0 amide bonds. The van der Waals surface area contributed by atoms with E-state index in [0.29, 0.717) is 10.6 Å². The van der Waals surface area contributed by atoms with Crippen LogP contribution in [-0.4, -0.2) is 44.3 Å². The van der Waals surface area contributed by atoms with E-state index in [4.69, 9.17) is 26.4 Å². The number of esters is 3. The lowest BCUT2D eigenvalue weighted by Crippen LogP contribution is -2.22. The Hall–Kier alpha value is -2.98. The first kappa shape index (κ1) is 21.7. The number of thiophene rings is 1. The fourth-order valence-electron chi connectivity index (χ4n) is 3.25. The van der Waals surface area contributed by atoms with Crippen LogP contribution >= 0.6 is 23.6 Å². The van der Waals surface area contributed by atoms with Crippen LogP contribution in [0, 0.1) is 0 Å². The number of benzene rings is 1. The lowest BCUT2D eigenvalue weighted by Gasteiger charge is -2.14. The average Bonchev–Trinajstić information content (AvgIpc) is 3.32. The van der Waals surface area contributed by atoms with Gasteiger partial charge in [-0.05, 0) is 55.2 Å². The van der Waals surface area contributed by atoms with Crippen LogP contribution in [0.5, 0.6) is 0 Å². The quantitative estimate of drug-likeness (QED) is 0.405. The third-order valence-electron chi connectivity index (χ3n) is 4.63. The molecule has 0 saturated carbocycles. The summed E-state index contributed by atoms with van der Waals surface area (Å²) in [4.78, 5) is 37.4. The smallest absolute Gasteiger partial charge is 0.341 e. The summed E-state index contributed by atoms with van der Waals surface area (Å²) in [5.74, 6) is -1.58. The van der Waals surface area contributed by atoms with Gasteiger partial charge in [0.1, 0.15) is 5.00 Å². The van der Waals surface area contributed by atoms with Crippen molar-refractivity contribution in [2.75, 3.05) is 32.0 Å². The molecular formula is C20H20N2O6S2. The third-order valence-corrected chi connectivity index (χ3v) is 6.04. The fourth-order valence-corrected chi connectivity index (χ4v) is 4.81. The van der Waals surface area contributed by atoms with Crippen molar-refractivity contribution < 1.29 is 28.6 Å². The predicted molar refractivity (Wildman–Crippen MR) is 117 cm³/mol. The van der Waals surface area contributed by atoms with E-state index in [-0.39, 0.29) is 21.9 Å². The maximum Gasteiger partial charge on any atom is 0.341 e. The van der Waals surface area contributed by atoms with Crippen LogP contribution in [0.25, 0.3) is 0 Å². The molecule has 1 aliphatic carbocycles. The number of thiocarbonyl (C=S) groups is 1. The van der Waals surface area contributed by atoms with Gasteiger partial charge in [0.15, 0.2) is 5.11 Å². The summed E-state index contributed by atoms with van der Waals surface area (Å²) >= 11 is 6.84. The molecule has 1 aromatic heterocycles. The number of nitrogens with one attached hydrogen (secondary N) is 2. The molecule has 0 bridgehead atoms. The molecular weight excluding hydrogens is 428 g/mol. The molecule has 0 unspecified atom stereocenters. The minimum atomic E-state index is -0.595. The highest BCUT2D eigenvalue weighted by molar-refractivity contribution is 7.80. The largest absolute Gasteiger partial charge is 0.465 e. The zero-order valence-electron chi connectivity index (χ0n) is 16.6. The minimum absolute atomic E-state index is 0.146. The molecule has 1 aromatic carbocycles. The van der Waals surface area contributed by atoms with Crippen molar-refractivity contribution >= 4 is 57.3 Å². The number of hydrogen-bond donors (Lipinski definition) is 2. The predicted octanol–water partition coefficient (Wildman–Crippen LogP) is 3.41. The summed E-state index contributed by atoms with van der Waals surface area (Å²) in [5, 5.41) is 6.65. The van der Waals surface area contributed by atoms with Crippen LogP contribution in [0.4, 0.5) is 10.7 Å². The zero-order valence-corrected chi connectivity index (χ0v) is 18.3. The van der Waals surface area contributed by atoms with Gasteiger partial charge in [0.25, 0.3) is 0 Å². The number of anilines is 2. The first-order valence-electron chi connectivity index (χ1n) is 9.01. The van der Waals surface area contributed by atoms with E-state index in [1.165, 1.54) is 50.9 Å². The van der Waals surface area contributed by atoms with Gasteiger partial charge in [-0.25, -0.2) is 14.4 Å². The van der Waals surface area contributed by atoms with Gasteiger partial charge >= 0.3 is 17.9 Å². The standard InChI is InChI=1S/C20H20N2O6S2/c1-26-17(23)10-7-8-11(18(24)27-2)13(9-10)21-20(29)22-16-15(19(25)28-3)12-5-4-6-14(12)30-16/h7-9H,4-6H2,1-3H3,(H2,21,22,29). The van der Waals surface area contributed by atoms with E-state index in [0.717, 1.165) is 29.7 Å². The van der Waals surface area contributed by atoms with Crippen LogP contribution in [0.1, 0.15) is 47.9 Å². The van der Waals surface area contributed by atoms with Gasteiger partial charge in [-0.1, -0.05) is 0 Å². The monoisotopic (exact) mass is 448 g/mol. The SMILES string of the molecule is COC(=O)c1ccc(C(=O)OC)c(NC(=S)Nc2sc3c(c2C(=O)OC)CCC3)c1. The van der Waals surface area contributed by atoms with Gasteiger partial charge in [0.2, 0.25) is 0 Å². The molecule has 1 heterocycles. The number of carbonyl (C=O) groups is 3. The van der Waals surface area contributed by atoms with Gasteiger partial charge < -0.3 is 24.8 Å². The summed E-state index contributed by atoms with van der Waals surface area (Å²) in [6, 6.07) is 4.35. The highest BCUT2D eigenvalue weighted by atomic mass is 32.1. The van der Waals surface area contributed by atoms with E-state index in [2.05, 4.69) is 10.6 Å². The van der Waals surface area contributed by atoms with E-state index < -0.39 is 17.9 Å². The van der Waals surface area contributed by atoms with Crippen molar-refractivity contribution in [2.24, 2.45) is 0 Å². The van der Waals surface area contributed by atoms with E-state index >= 15 is 0 Å². The Bertz CT molecular complexity index is 1030. The highest BCUT2D eigenvalue weighted by Crippen LogP contribution is 2.39. The summed E-state index contributed by atoms with van der Waals surface area (Å²) in [5.41, 5.74) is 2.17. The van der Waals surface area contributed by atoms with Crippen molar-refractivity contribution in [1.82, 2.24) is 0 Å². The Morgan fingerprint density at radius 2 is 1.67 bits per heavy atom. The second kappa shape index (κ2) is 9.23. The Labute approximate surface area is 182 Å². The van der Waals surface area contributed by atoms with E-state index in [1.807, 2.05) is 0 Å². The van der Waals surface area contributed by atoms with E-state index in [1.54, 1.807) is 0 Å². The Morgan fingerprint density at radius 1 is 0.967 bits per heavy atom. The van der Waals surface area contributed by atoms with Gasteiger partial charge in [0, 0.05) is 4.88 Å². The van der Waals surface area contributed by atoms with Gasteiger partial charge in [0.05, 0.1) is 43.7 Å². The van der Waals surface area contributed by atoms with Crippen molar-refractivity contribution in [3.05, 3.63) is 45.3 Å². The normalized spacial score (nSPS) is 12.0. The number of carbonyl (C=O) groups excluding carboxylic acids is 3. The van der Waals surface area contributed by atoms with E-state index in [9.17, 15) is 14.4 Å². The maximum atomic E-state index is 12.3. The molecule has 0 spiro atoms. The molecule has 0 radical (unpaired) electrons. The molecule has 0 saturated heterocycles. The molecule has 10 heteroatoms. The summed E-state index contributed by atoms with van der Waals surface area (Å²) in [7, 11) is 3.86. The Kier molecular flexibility index (Phi) is 6.68. The number of hydrogen-bond acceptors (Lipinski definition) is 8. The van der Waals surface area contributed by atoms with Crippen molar-refractivity contribution in [2.45, 2.75) is 19.3 Å². The molecule has 8 nitrogen and oxygen atoms in total. The summed E-state index contributed by atoms with van der Waals surface area (Å²) < 4.78 is 14.4. The van der Waals surface area contributed by atoms with Crippen LogP contribution in [0.15, 0.2) is 18.2 Å². The van der Waals surface area contributed by atoms with Crippen LogP contribution in [-0.2, 0) is 27.1 Å². The second-order valence-electron chi connectivity index (χ2n) is 6.38. The number of rotatable bonds is 5. The first-order valence-corrected chi connectivity index (χ1v) is 10.2. The second-order valence-corrected chi connectivity index (χ2v) is 7.89. The molecule has 2 aromatic rings. The minimum Gasteiger partial charge on any atom is -0.465 e. The average molecular weight is 449 g/mol. The van der Waals surface area contributed by atoms with Crippen molar-refractivity contribution in [3.63, 3.8) is 0 Å². The summed E-state index contributed by atoms with van der Waals surface area (Å²) in [6.07, 6.45) is 2.71. The maximum absolute atomic E-state index is 12.3. The molecule has 0 aliphatic heterocycles. The molecule has 158 valence electrons. The van der Waals surface area contributed by atoms with Gasteiger partial charge in [-0.2, -0.15) is 0 Å². The van der Waals surface area contributed by atoms with Crippen molar-refractivity contribution in [3.8, 4) is 0 Å². The summed E-state index contributed by atoms with van der Waals surface area (Å²) in [6.45, 7) is 0. The lowest BCUT2D eigenvalue weighted by molar-refractivity contribution is 0.0587. The number of ether oxygens (including phenoxy) is 3. The lowest BCUT2D eigenvalue weighted by atomic mass is 10.1. The Morgan fingerprint density at radius 3 is 2.33 bits per heavy atom. The number of fused-ring (bicyclic) bond motifs is 1. The first-order chi connectivity index (χ1) is 14.4. The number of methoxy groups -OCH3 is 3. The Balaban J connectivity index is 1.89. The molecule has 2 N–H and O–H groups in total. The van der Waals surface area contributed by atoms with Gasteiger partial charge in [-0.3, -0.25) is 0 Å².